The van der Waals surface area contributed by atoms with Crippen molar-refractivity contribution in [2.45, 2.75) is 45.2 Å². The second-order valence-electron chi connectivity index (χ2n) is 5.97. The van der Waals surface area contributed by atoms with E-state index in [9.17, 15) is 9.59 Å². The van der Waals surface area contributed by atoms with Gasteiger partial charge in [0.1, 0.15) is 6.04 Å². The highest BCUT2D eigenvalue weighted by atomic mass is 32.1. The summed E-state index contributed by atoms with van der Waals surface area (Å²) in [5, 5.41) is 4.98. The summed E-state index contributed by atoms with van der Waals surface area (Å²) in [6.45, 7) is 2.47. The maximum atomic E-state index is 12.7. The van der Waals surface area contributed by atoms with Crippen molar-refractivity contribution in [3.05, 3.63) is 52.2 Å². The van der Waals surface area contributed by atoms with Crippen LogP contribution >= 0.6 is 11.3 Å². The molecule has 126 valence electrons. The third kappa shape index (κ3) is 3.51. The Labute approximate surface area is 146 Å². The van der Waals surface area contributed by atoms with Gasteiger partial charge in [-0.3, -0.25) is 14.5 Å². The van der Waals surface area contributed by atoms with Gasteiger partial charge in [0, 0.05) is 17.0 Å². The maximum absolute atomic E-state index is 12.7. The summed E-state index contributed by atoms with van der Waals surface area (Å²) < 4.78 is 0. The van der Waals surface area contributed by atoms with Gasteiger partial charge in [-0.2, -0.15) is 0 Å². The Kier molecular flexibility index (Phi) is 5.30. The average molecular weight is 342 g/mol. The van der Waals surface area contributed by atoms with Gasteiger partial charge in [-0.1, -0.05) is 31.2 Å². The first-order chi connectivity index (χ1) is 11.7. The average Bonchev–Trinajstić information content (AvgIpc) is 3.06. The molecule has 1 atom stereocenters. The van der Waals surface area contributed by atoms with Crippen molar-refractivity contribution in [2.75, 3.05) is 4.90 Å². The lowest BCUT2D eigenvalue weighted by atomic mass is 10.1. The number of hydrogen-bond donors (Lipinski definition) is 1. The number of carbonyl (C=O) groups excluding carboxylic acids is 2. The van der Waals surface area contributed by atoms with Gasteiger partial charge in [0.25, 0.3) is 0 Å². The first kappa shape index (κ1) is 16.7. The molecule has 2 aromatic rings. The molecule has 0 fully saturated rings. The summed E-state index contributed by atoms with van der Waals surface area (Å²) in [4.78, 5) is 28.2. The molecule has 0 aliphatic carbocycles. The molecule has 1 unspecified atom stereocenters. The number of hydrogen-bond acceptors (Lipinski definition) is 3. The Bertz CT molecular complexity index is 712. The number of anilines is 1. The van der Waals surface area contributed by atoms with Gasteiger partial charge < -0.3 is 5.32 Å². The molecule has 4 nitrogen and oxygen atoms in total. The van der Waals surface area contributed by atoms with Gasteiger partial charge in [-0.15, -0.1) is 11.3 Å². The molecule has 1 aliphatic rings. The van der Waals surface area contributed by atoms with Crippen LogP contribution in [0.25, 0.3) is 0 Å². The van der Waals surface area contributed by atoms with Crippen LogP contribution in [0.4, 0.5) is 5.69 Å². The minimum atomic E-state index is -0.461. The molecule has 5 heteroatoms. The van der Waals surface area contributed by atoms with Crippen LogP contribution in [0.2, 0.25) is 0 Å². The minimum absolute atomic E-state index is 0.0399. The van der Waals surface area contributed by atoms with Crippen LogP contribution in [-0.4, -0.2) is 17.9 Å². The van der Waals surface area contributed by atoms with E-state index in [-0.39, 0.29) is 11.8 Å². The predicted molar refractivity (Wildman–Crippen MR) is 97.1 cm³/mol. The summed E-state index contributed by atoms with van der Waals surface area (Å²) in [5.41, 5.74) is 2.03. The highest BCUT2D eigenvalue weighted by Gasteiger charge is 2.32. The van der Waals surface area contributed by atoms with Crippen LogP contribution < -0.4 is 10.2 Å². The first-order valence-electron chi connectivity index (χ1n) is 8.40. The van der Waals surface area contributed by atoms with Crippen molar-refractivity contribution in [3.63, 3.8) is 0 Å². The standard InChI is InChI=1S/C19H22N2O2S/c1-2-16(19(23)20-13-15-9-6-12-24-15)21-17-10-4-3-7-14(17)8-5-11-18(21)22/h3-4,6-7,9-10,12,16H,2,5,8,11,13H2,1H3,(H,20,23). The highest BCUT2D eigenvalue weighted by molar-refractivity contribution is 7.09. The number of benzene rings is 1. The molecule has 1 aromatic heterocycles. The number of amides is 2. The third-order valence-corrected chi connectivity index (χ3v) is 5.25. The van der Waals surface area contributed by atoms with Gasteiger partial charge in [-0.05, 0) is 42.3 Å². The number of thiophene rings is 1. The number of rotatable bonds is 5. The second-order valence-corrected chi connectivity index (χ2v) is 7.00. The number of para-hydroxylation sites is 1. The number of carbonyl (C=O) groups is 2. The summed E-state index contributed by atoms with van der Waals surface area (Å²) in [7, 11) is 0. The van der Waals surface area contributed by atoms with E-state index in [4.69, 9.17) is 0 Å². The van der Waals surface area contributed by atoms with E-state index in [1.165, 1.54) is 0 Å². The topological polar surface area (TPSA) is 49.4 Å². The van der Waals surface area contributed by atoms with Crippen LogP contribution in [-0.2, 0) is 22.6 Å². The Morgan fingerprint density at radius 3 is 2.83 bits per heavy atom. The fourth-order valence-electron chi connectivity index (χ4n) is 3.17. The lowest BCUT2D eigenvalue weighted by Crippen LogP contribution is -2.49. The fraction of sp³-hybridized carbons (Fsp3) is 0.368. The zero-order chi connectivity index (χ0) is 16.9. The molecule has 0 spiro atoms. The molecule has 0 saturated heterocycles. The molecule has 1 N–H and O–H groups in total. The molecule has 2 amide bonds. The fourth-order valence-corrected chi connectivity index (χ4v) is 3.82. The van der Waals surface area contributed by atoms with E-state index in [0.29, 0.717) is 19.4 Å². The summed E-state index contributed by atoms with van der Waals surface area (Å²) in [6.07, 6.45) is 2.80. The van der Waals surface area contributed by atoms with Crippen molar-refractivity contribution in [1.82, 2.24) is 5.32 Å². The summed E-state index contributed by atoms with van der Waals surface area (Å²) in [5.74, 6) is -0.0472. The van der Waals surface area contributed by atoms with Crippen LogP contribution in [0.5, 0.6) is 0 Å². The van der Waals surface area contributed by atoms with E-state index < -0.39 is 6.04 Å². The monoisotopic (exact) mass is 342 g/mol. The largest absolute Gasteiger partial charge is 0.349 e. The normalized spacial score (nSPS) is 15.5. The second kappa shape index (κ2) is 7.62. The molecular weight excluding hydrogens is 320 g/mol. The van der Waals surface area contributed by atoms with Crippen molar-refractivity contribution in [3.8, 4) is 0 Å². The highest BCUT2D eigenvalue weighted by Crippen LogP contribution is 2.29. The molecule has 1 aliphatic heterocycles. The lowest BCUT2D eigenvalue weighted by molar-refractivity contribution is -0.126. The Morgan fingerprint density at radius 1 is 1.25 bits per heavy atom. The maximum Gasteiger partial charge on any atom is 0.243 e. The molecule has 24 heavy (non-hydrogen) atoms. The molecule has 1 aromatic carbocycles. The number of fused-ring (bicyclic) bond motifs is 1. The quantitative estimate of drug-likeness (QED) is 0.904. The number of nitrogens with one attached hydrogen (secondary N) is 1. The van der Waals surface area contributed by atoms with Crippen LogP contribution in [0, 0.1) is 0 Å². The summed E-state index contributed by atoms with van der Waals surface area (Å²) >= 11 is 1.62. The summed E-state index contributed by atoms with van der Waals surface area (Å²) in [6, 6.07) is 11.4. The SMILES string of the molecule is CCC(C(=O)NCc1cccs1)N1C(=O)CCCc2ccccc21. The molecular formula is C19H22N2O2S. The van der Waals surface area contributed by atoms with Crippen LogP contribution in [0.3, 0.4) is 0 Å². The van der Waals surface area contributed by atoms with Gasteiger partial charge in [0.2, 0.25) is 11.8 Å². The Morgan fingerprint density at radius 2 is 2.08 bits per heavy atom. The molecule has 3 rings (SSSR count). The first-order valence-corrected chi connectivity index (χ1v) is 9.28. The van der Waals surface area contributed by atoms with Crippen LogP contribution in [0.15, 0.2) is 41.8 Å². The van der Waals surface area contributed by atoms with E-state index in [2.05, 4.69) is 11.4 Å². The molecule has 0 bridgehead atoms. The van der Waals surface area contributed by atoms with Crippen LogP contribution in [0.1, 0.15) is 36.6 Å². The predicted octanol–water partition coefficient (Wildman–Crippen LogP) is 3.51. The smallest absolute Gasteiger partial charge is 0.243 e. The van der Waals surface area contributed by atoms with Gasteiger partial charge in [0.05, 0.1) is 6.54 Å². The molecule has 0 radical (unpaired) electrons. The van der Waals surface area contributed by atoms with E-state index >= 15 is 0 Å². The lowest BCUT2D eigenvalue weighted by Gasteiger charge is -2.30. The Balaban J connectivity index is 1.82. The van der Waals surface area contributed by atoms with E-state index in [1.807, 2.05) is 42.6 Å². The number of nitrogens with zero attached hydrogens (tertiary/aromatic N) is 1. The van der Waals surface area contributed by atoms with E-state index in [1.54, 1.807) is 16.2 Å². The van der Waals surface area contributed by atoms with Gasteiger partial charge in [0.15, 0.2) is 0 Å². The van der Waals surface area contributed by atoms with E-state index in [0.717, 1.165) is 29.0 Å². The molecule has 2 heterocycles. The third-order valence-electron chi connectivity index (χ3n) is 4.37. The minimum Gasteiger partial charge on any atom is -0.349 e. The Hall–Kier alpha value is -2.14. The van der Waals surface area contributed by atoms with Crippen molar-refractivity contribution in [1.29, 1.82) is 0 Å². The zero-order valence-corrected chi connectivity index (χ0v) is 14.6. The number of aryl methyl sites for hydroxylation is 1. The molecule has 0 saturated carbocycles. The zero-order valence-electron chi connectivity index (χ0n) is 13.8. The van der Waals surface area contributed by atoms with Gasteiger partial charge >= 0.3 is 0 Å². The van der Waals surface area contributed by atoms with Crippen molar-refractivity contribution < 1.29 is 9.59 Å². The van der Waals surface area contributed by atoms with Crippen molar-refractivity contribution in [2.24, 2.45) is 0 Å². The van der Waals surface area contributed by atoms with Crippen molar-refractivity contribution >= 4 is 28.8 Å². The van der Waals surface area contributed by atoms with Gasteiger partial charge in [-0.25, -0.2) is 0 Å².